The molecule has 1 aromatic carbocycles. The van der Waals surface area contributed by atoms with Gasteiger partial charge >= 0.3 is 5.97 Å². The van der Waals surface area contributed by atoms with E-state index in [9.17, 15) is 9.59 Å². The number of rotatable bonds is 10. The smallest absolute Gasteiger partial charge is 0.326 e. The summed E-state index contributed by atoms with van der Waals surface area (Å²) in [5, 5.41) is 11.6. The van der Waals surface area contributed by atoms with Gasteiger partial charge in [-0.15, -0.1) is 0 Å². The minimum atomic E-state index is -0.984. The summed E-state index contributed by atoms with van der Waals surface area (Å²) >= 11 is 0. The molecule has 0 bridgehead atoms. The summed E-state index contributed by atoms with van der Waals surface area (Å²) in [6.45, 7) is 2.71. The molecule has 0 heterocycles. The molecule has 21 heavy (non-hydrogen) atoms. The maximum absolute atomic E-state index is 11.7. The third-order valence-electron chi connectivity index (χ3n) is 3.06. The molecule has 1 atom stereocenters. The fourth-order valence-electron chi connectivity index (χ4n) is 1.86. The lowest BCUT2D eigenvalue weighted by molar-refractivity contribution is -0.142. The van der Waals surface area contributed by atoms with E-state index in [4.69, 9.17) is 9.84 Å². The molecule has 1 amide bonds. The second-order valence-electron chi connectivity index (χ2n) is 4.89. The highest BCUT2D eigenvalue weighted by Crippen LogP contribution is 2.03. The number of carbonyl (C=O) groups is 2. The van der Waals surface area contributed by atoms with Crippen LogP contribution in [0.5, 0.6) is 0 Å². The number of ether oxygens (including phenoxy) is 1. The van der Waals surface area contributed by atoms with Crippen LogP contribution in [0.1, 0.15) is 38.2 Å². The Kier molecular flexibility index (Phi) is 8.12. The van der Waals surface area contributed by atoms with Crippen molar-refractivity contribution in [3.63, 3.8) is 0 Å². The van der Waals surface area contributed by atoms with E-state index in [-0.39, 0.29) is 18.9 Å². The van der Waals surface area contributed by atoms with E-state index < -0.39 is 12.0 Å². The van der Waals surface area contributed by atoms with Crippen molar-refractivity contribution >= 4 is 11.9 Å². The number of unbranched alkanes of at least 4 members (excludes halogenated alkanes) is 1. The quantitative estimate of drug-likeness (QED) is 0.649. The molecule has 5 nitrogen and oxygen atoms in total. The summed E-state index contributed by atoms with van der Waals surface area (Å²) in [5.41, 5.74) is 1.05. The van der Waals surface area contributed by atoms with Crippen molar-refractivity contribution in [2.75, 3.05) is 6.61 Å². The van der Waals surface area contributed by atoms with Crippen LogP contribution in [0.3, 0.4) is 0 Å². The minimum absolute atomic E-state index is 0.169. The summed E-state index contributed by atoms with van der Waals surface area (Å²) < 4.78 is 5.41. The molecule has 116 valence electrons. The zero-order valence-corrected chi connectivity index (χ0v) is 12.4. The van der Waals surface area contributed by atoms with Gasteiger partial charge in [0, 0.05) is 6.42 Å². The Balaban J connectivity index is 2.21. The van der Waals surface area contributed by atoms with Crippen molar-refractivity contribution in [1.82, 2.24) is 5.32 Å². The molecule has 1 rings (SSSR count). The maximum Gasteiger partial charge on any atom is 0.326 e. The van der Waals surface area contributed by atoms with Crippen molar-refractivity contribution in [1.29, 1.82) is 0 Å². The summed E-state index contributed by atoms with van der Waals surface area (Å²) in [4.78, 5) is 22.7. The van der Waals surface area contributed by atoms with Crippen LogP contribution in [-0.4, -0.2) is 29.6 Å². The SMILES string of the molecule is CCCCC(NC(=O)CCOCc1ccccc1)C(=O)O. The normalized spacial score (nSPS) is 11.9. The first-order chi connectivity index (χ1) is 10.1. The standard InChI is InChI=1S/C16H23NO4/c1-2-3-9-14(16(19)20)17-15(18)10-11-21-12-13-7-5-4-6-8-13/h4-8,14H,2-3,9-12H2,1H3,(H,17,18)(H,19,20). The topological polar surface area (TPSA) is 75.6 Å². The molecular weight excluding hydrogens is 270 g/mol. The fraction of sp³-hybridized carbons (Fsp3) is 0.500. The molecule has 0 aliphatic heterocycles. The van der Waals surface area contributed by atoms with E-state index in [1.807, 2.05) is 37.3 Å². The highest BCUT2D eigenvalue weighted by molar-refractivity contribution is 5.83. The lowest BCUT2D eigenvalue weighted by Gasteiger charge is -2.14. The summed E-state index contributed by atoms with van der Waals surface area (Å²) in [6, 6.07) is 8.88. The van der Waals surface area contributed by atoms with Gasteiger partial charge in [0.2, 0.25) is 5.91 Å². The van der Waals surface area contributed by atoms with Crippen LogP contribution in [0.4, 0.5) is 0 Å². The Morgan fingerprint density at radius 1 is 1.29 bits per heavy atom. The lowest BCUT2D eigenvalue weighted by Crippen LogP contribution is -2.41. The number of aliphatic carboxylic acids is 1. The molecule has 0 spiro atoms. The van der Waals surface area contributed by atoms with Crippen LogP contribution >= 0.6 is 0 Å². The van der Waals surface area contributed by atoms with Crippen LogP contribution in [0, 0.1) is 0 Å². The van der Waals surface area contributed by atoms with Gasteiger partial charge in [0.05, 0.1) is 13.2 Å². The molecule has 0 fully saturated rings. The highest BCUT2D eigenvalue weighted by atomic mass is 16.5. The van der Waals surface area contributed by atoms with Gasteiger partial charge in [-0.2, -0.15) is 0 Å². The Morgan fingerprint density at radius 3 is 2.62 bits per heavy atom. The van der Waals surface area contributed by atoms with E-state index in [1.165, 1.54) is 0 Å². The zero-order valence-electron chi connectivity index (χ0n) is 12.4. The van der Waals surface area contributed by atoms with Gasteiger partial charge in [-0.25, -0.2) is 4.79 Å². The third kappa shape index (κ3) is 7.46. The van der Waals surface area contributed by atoms with Crippen molar-refractivity contribution in [3.05, 3.63) is 35.9 Å². The predicted molar refractivity (Wildman–Crippen MR) is 79.8 cm³/mol. The second-order valence-corrected chi connectivity index (χ2v) is 4.89. The van der Waals surface area contributed by atoms with E-state index in [2.05, 4.69) is 5.32 Å². The molecule has 2 N–H and O–H groups in total. The predicted octanol–water partition coefficient (Wildman–Crippen LogP) is 2.35. The molecule has 0 aliphatic carbocycles. The Bertz CT molecular complexity index is 433. The van der Waals surface area contributed by atoms with Crippen LogP contribution in [0.2, 0.25) is 0 Å². The number of carboxylic acids is 1. The molecule has 0 saturated heterocycles. The Labute approximate surface area is 125 Å². The Hall–Kier alpha value is -1.88. The molecule has 1 aromatic rings. The highest BCUT2D eigenvalue weighted by Gasteiger charge is 2.18. The summed E-state index contributed by atoms with van der Waals surface area (Å²) in [6.07, 6.45) is 2.31. The minimum Gasteiger partial charge on any atom is -0.480 e. The Morgan fingerprint density at radius 2 is 2.00 bits per heavy atom. The number of benzene rings is 1. The van der Waals surface area contributed by atoms with Crippen molar-refractivity contribution in [3.8, 4) is 0 Å². The van der Waals surface area contributed by atoms with Gasteiger partial charge in [-0.3, -0.25) is 4.79 Å². The van der Waals surface area contributed by atoms with Crippen molar-refractivity contribution in [2.45, 2.75) is 45.3 Å². The van der Waals surface area contributed by atoms with Crippen LogP contribution < -0.4 is 5.32 Å². The fourth-order valence-corrected chi connectivity index (χ4v) is 1.86. The second kappa shape index (κ2) is 9.94. The molecule has 0 aromatic heterocycles. The molecule has 0 saturated carbocycles. The first-order valence-corrected chi connectivity index (χ1v) is 7.27. The van der Waals surface area contributed by atoms with Crippen molar-refractivity contribution < 1.29 is 19.4 Å². The first-order valence-electron chi connectivity index (χ1n) is 7.27. The number of hydrogen-bond donors (Lipinski definition) is 2. The van der Waals surface area contributed by atoms with Gasteiger partial charge in [-0.1, -0.05) is 50.1 Å². The number of nitrogens with one attached hydrogen (secondary N) is 1. The van der Waals surface area contributed by atoms with Gasteiger partial charge in [0.25, 0.3) is 0 Å². The average Bonchev–Trinajstić information content (AvgIpc) is 2.48. The summed E-state index contributed by atoms with van der Waals surface area (Å²) in [5.74, 6) is -1.27. The van der Waals surface area contributed by atoms with E-state index in [0.29, 0.717) is 13.0 Å². The van der Waals surface area contributed by atoms with Gasteiger partial charge in [0.15, 0.2) is 0 Å². The first kappa shape index (κ1) is 17.2. The molecular formula is C16H23NO4. The van der Waals surface area contributed by atoms with Crippen LogP contribution in [0.15, 0.2) is 30.3 Å². The maximum atomic E-state index is 11.7. The number of hydrogen-bond acceptors (Lipinski definition) is 3. The molecule has 5 heteroatoms. The van der Waals surface area contributed by atoms with Gasteiger partial charge < -0.3 is 15.2 Å². The average molecular weight is 293 g/mol. The lowest BCUT2D eigenvalue weighted by atomic mass is 10.1. The number of amides is 1. The van der Waals surface area contributed by atoms with Gasteiger partial charge in [-0.05, 0) is 12.0 Å². The largest absolute Gasteiger partial charge is 0.480 e. The third-order valence-corrected chi connectivity index (χ3v) is 3.06. The van der Waals surface area contributed by atoms with E-state index >= 15 is 0 Å². The number of carbonyl (C=O) groups excluding carboxylic acids is 1. The van der Waals surface area contributed by atoms with Crippen LogP contribution in [-0.2, 0) is 20.9 Å². The number of carboxylic acid groups (broad SMARTS) is 1. The van der Waals surface area contributed by atoms with Gasteiger partial charge in [0.1, 0.15) is 6.04 Å². The monoisotopic (exact) mass is 293 g/mol. The summed E-state index contributed by atoms with van der Waals surface area (Å²) in [7, 11) is 0. The molecule has 1 unspecified atom stereocenters. The molecule has 0 radical (unpaired) electrons. The van der Waals surface area contributed by atoms with Crippen LogP contribution in [0.25, 0.3) is 0 Å². The van der Waals surface area contributed by atoms with E-state index in [0.717, 1.165) is 18.4 Å². The molecule has 0 aliphatic rings. The van der Waals surface area contributed by atoms with E-state index in [1.54, 1.807) is 0 Å². The van der Waals surface area contributed by atoms with Crippen molar-refractivity contribution in [2.24, 2.45) is 0 Å². The zero-order chi connectivity index (χ0) is 15.5.